The minimum Gasteiger partial charge on any atom is -0.389 e. The molecule has 1 saturated heterocycles. The summed E-state index contributed by atoms with van der Waals surface area (Å²) in [5.74, 6) is 0. The number of aliphatic hydroxyl groups excluding tert-OH is 1. The van der Waals surface area contributed by atoms with Gasteiger partial charge in [0.2, 0.25) is 0 Å². The van der Waals surface area contributed by atoms with Crippen molar-refractivity contribution in [3.8, 4) is 0 Å². The summed E-state index contributed by atoms with van der Waals surface area (Å²) in [6, 6.07) is 7.16. The Morgan fingerprint density at radius 3 is 3.10 bits per heavy atom. The van der Waals surface area contributed by atoms with Crippen molar-refractivity contribution in [2.45, 2.75) is 32.5 Å². The number of urea groups is 1. The first-order chi connectivity index (χ1) is 9.60. The molecular formula is C15H22N2O3. The summed E-state index contributed by atoms with van der Waals surface area (Å²) in [4.78, 5) is 14.0. The van der Waals surface area contributed by atoms with Gasteiger partial charge in [-0.1, -0.05) is 19.1 Å². The molecule has 5 nitrogen and oxygen atoms in total. The van der Waals surface area contributed by atoms with E-state index in [-0.39, 0.29) is 12.1 Å². The maximum absolute atomic E-state index is 12.2. The average molecular weight is 278 g/mol. The Bertz CT molecular complexity index is 462. The Morgan fingerprint density at radius 2 is 2.40 bits per heavy atom. The van der Waals surface area contributed by atoms with Crippen LogP contribution in [0.15, 0.2) is 24.3 Å². The fourth-order valence-electron chi connectivity index (χ4n) is 2.23. The van der Waals surface area contributed by atoms with Crippen LogP contribution in [-0.4, -0.2) is 41.8 Å². The highest BCUT2D eigenvalue weighted by Gasteiger charge is 2.23. The minimum absolute atomic E-state index is 0.116. The van der Waals surface area contributed by atoms with E-state index < -0.39 is 6.10 Å². The smallest absolute Gasteiger partial charge is 0.322 e. The van der Waals surface area contributed by atoms with Gasteiger partial charge in [0.15, 0.2) is 0 Å². The number of anilines is 1. The van der Waals surface area contributed by atoms with Gasteiger partial charge in [0, 0.05) is 18.8 Å². The molecule has 20 heavy (non-hydrogen) atoms. The molecule has 2 unspecified atom stereocenters. The summed E-state index contributed by atoms with van der Waals surface area (Å²) < 4.78 is 5.55. The van der Waals surface area contributed by atoms with Crippen molar-refractivity contribution in [2.75, 3.05) is 25.0 Å². The van der Waals surface area contributed by atoms with E-state index >= 15 is 0 Å². The van der Waals surface area contributed by atoms with E-state index in [1.165, 1.54) is 0 Å². The number of benzene rings is 1. The average Bonchev–Trinajstić information content (AvgIpc) is 2.47. The number of nitrogens with zero attached hydrogens (tertiary/aromatic N) is 1. The van der Waals surface area contributed by atoms with Gasteiger partial charge >= 0.3 is 6.03 Å². The zero-order chi connectivity index (χ0) is 14.5. The first kappa shape index (κ1) is 14.8. The van der Waals surface area contributed by atoms with Crippen LogP contribution in [0, 0.1) is 0 Å². The summed E-state index contributed by atoms with van der Waals surface area (Å²) >= 11 is 0. The monoisotopic (exact) mass is 278 g/mol. The summed E-state index contributed by atoms with van der Waals surface area (Å²) in [5.41, 5.74) is 1.49. The van der Waals surface area contributed by atoms with Crippen molar-refractivity contribution < 1.29 is 14.6 Å². The molecule has 0 bridgehead atoms. The minimum atomic E-state index is -0.542. The Kier molecular flexibility index (Phi) is 4.98. The number of rotatable bonds is 3. The quantitative estimate of drug-likeness (QED) is 0.892. The van der Waals surface area contributed by atoms with Crippen LogP contribution < -0.4 is 5.32 Å². The molecule has 1 heterocycles. The Morgan fingerprint density at radius 1 is 1.60 bits per heavy atom. The normalized spacial score (nSPS) is 20.6. The van der Waals surface area contributed by atoms with E-state index in [9.17, 15) is 9.90 Å². The van der Waals surface area contributed by atoms with E-state index in [0.29, 0.717) is 25.4 Å². The lowest BCUT2D eigenvalue weighted by atomic mass is 10.1. The molecule has 2 amide bonds. The molecule has 1 aliphatic rings. The Balaban J connectivity index is 1.98. The SMILES string of the molecule is CCC1CN(C(=O)Nc2cccc(C(C)O)c2)CCO1. The molecule has 2 rings (SSSR count). The van der Waals surface area contributed by atoms with E-state index in [1.807, 2.05) is 18.2 Å². The van der Waals surface area contributed by atoms with Gasteiger partial charge in [-0.05, 0) is 31.0 Å². The van der Waals surface area contributed by atoms with Gasteiger partial charge in [-0.25, -0.2) is 4.79 Å². The van der Waals surface area contributed by atoms with Crippen LogP contribution in [0.25, 0.3) is 0 Å². The molecule has 1 aromatic rings. The number of ether oxygens (including phenoxy) is 1. The molecule has 2 atom stereocenters. The third kappa shape index (κ3) is 3.71. The van der Waals surface area contributed by atoms with Crippen LogP contribution in [0.4, 0.5) is 10.5 Å². The van der Waals surface area contributed by atoms with Crippen molar-refractivity contribution >= 4 is 11.7 Å². The van der Waals surface area contributed by atoms with Crippen LogP contribution in [-0.2, 0) is 4.74 Å². The highest BCUT2D eigenvalue weighted by atomic mass is 16.5. The fraction of sp³-hybridized carbons (Fsp3) is 0.533. The molecule has 1 aliphatic heterocycles. The lowest BCUT2D eigenvalue weighted by molar-refractivity contribution is -0.0134. The number of morpholine rings is 1. The highest BCUT2D eigenvalue weighted by Crippen LogP contribution is 2.18. The number of amides is 2. The standard InChI is InChI=1S/C15H22N2O3/c1-3-14-10-17(7-8-20-14)15(19)16-13-6-4-5-12(9-13)11(2)18/h4-6,9,11,14,18H,3,7-8,10H2,1-2H3,(H,16,19). The van der Waals surface area contributed by atoms with Crippen LogP contribution >= 0.6 is 0 Å². The third-order valence-corrected chi connectivity index (χ3v) is 3.50. The van der Waals surface area contributed by atoms with Crippen LogP contribution in [0.5, 0.6) is 0 Å². The van der Waals surface area contributed by atoms with Gasteiger partial charge in [0.1, 0.15) is 0 Å². The molecule has 110 valence electrons. The number of aliphatic hydroxyl groups is 1. The molecule has 0 aromatic heterocycles. The largest absolute Gasteiger partial charge is 0.389 e. The first-order valence-corrected chi connectivity index (χ1v) is 7.05. The van der Waals surface area contributed by atoms with E-state index in [4.69, 9.17) is 4.74 Å². The third-order valence-electron chi connectivity index (χ3n) is 3.50. The van der Waals surface area contributed by atoms with Gasteiger partial charge in [-0.2, -0.15) is 0 Å². The topological polar surface area (TPSA) is 61.8 Å². The van der Waals surface area contributed by atoms with Crippen molar-refractivity contribution in [3.05, 3.63) is 29.8 Å². The summed E-state index contributed by atoms with van der Waals surface area (Å²) in [7, 11) is 0. The Labute approximate surface area is 119 Å². The van der Waals surface area contributed by atoms with Crippen molar-refractivity contribution in [1.82, 2.24) is 4.90 Å². The maximum atomic E-state index is 12.2. The summed E-state index contributed by atoms with van der Waals surface area (Å²) in [6.07, 6.45) is 0.486. The maximum Gasteiger partial charge on any atom is 0.322 e. The van der Waals surface area contributed by atoms with Crippen LogP contribution in [0.3, 0.4) is 0 Å². The Hall–Kier alpha value is -1.59. The second kappa shape index (κ2) is 6.72. The lowest BCUT2D eigenvalue weighted by Gasteiger charge is -2.32. The van der Waals surface area contributed by atoms with Gasteiger partial charge in [-0.3, -0.25) is 0 Å². The predicted octanol–water partition coefficient (Wildman–Crippen LogP) is 2.38. The molecule has 1 fully saturated rings. The second-order valence-corrected chi connectivity index (χ2v) is 5.08. The van der Waals surface area contributed by atoms with Gasteiger partial charge < -0.3 is 20.1 Å². The van der Waals surface area contributed by atoms with Gasteiger partial charge in [-0.15, -0.1) is 0 Å². The van der Waals surface area contributed by atoms with Crippen LogP contribution in [0.1, 0.15) is 31.9 Å². The van der Waals surface area contributed by atoms with E-state index in [0.717, 1.165) is 12.0 Å². The van der Waals surface area contributed by atoms with Crippen molar-refractivity contribution in [3.63, 3.8) is 0 Å². The highest BCUT2D eigenvalue weighted by molar-refractivity contribution is 5.89. The summed E-state index contributed by atoms with van der Waals surface area (Å²) in [5, 5.41) is 12.4. The number of nitrogens with one attached hydrogen (secondary N) is 1. The molecule has 0 radical (unpaired) electrons. The molecule has 0 aliphatic carbocycles. The van der Waals surface area contributed by atoms with Crippen molar-refractivity contribution in [1.29, 1.82) is 0 Å². The number of carbonyl (C=O) groups excluding carboxylic acids is 1. The predicted molar refractivity (Wildman–Crippen MR) is 77.7 cm³/mol. The van der Waals surface area contributed by atoms with Gasteiger partial charge in [0.05, 0.1) is 18.8 Å². The van der Waals surface area contributed by atoms with E-state index in [2.05, 4.69) is 12.2 Å². The number of hydrogen-bond acceptors (Lipinski definition) is 3. The lowest BCUT2D eigenvalue weighted by Crippen LogP contribution is -2.47. The van der Waals surface area contributed by atoms with Gasteiger partial charge in [0.25, 0.3) is 0 Å². The first-order valence-electron chi connectivity index (χ1n) is 7.05. The molecule has 0 spiro atoms. The van der Waals surface area contributed by atoms with Crippen LogP contribution in [0.2, 0.25) is 0 Å². The summed E-state index contributed by atoms with van der Waals surface area (Å²) in [6.45, 7) is 5.57. The molecule has 5 heteroatoms. The molecule has 1 aromatic carbocycles. The number of hydrogen-bond donors (Lipinski definition) is 2. The van der Waals surface area contributed by atoms with E-state index in [1.54, 1.807) is 17.9 Å². The molecular weight excluding hydrogens is 256 g/mol. The second-order valence-electron chi connectivity index (χ2n) is 5.08. The zero-order valence-electron chi connectivity index (χ0n) is 12.0. The molecule has 2 N–H and O–H groups in total. The fourth-order valence-corrected chi connectivity index (χ4v) is 2.23. The number of carbonyl (C=O) groups is 1. The molecule has 0 saturated carbocycles. The zero-order valence-corrected chi connectivity index (χ0v) is 12.0. The van der Waals surface area contributed by atoms with Crippen molar-refractivity contribution in [2.24, 2.45) is 0 Å².